The molecule has 40 heavy (non-hydrogen) atoms. The van der Waals surface area contributed by atoms with Gasteiger partial charge in [0.25, 0.3) is 0 Å². The summed E-state index contributed by atoms with van der Waals surface area (Å²) < 4.78 is 0. The number of hydrogen-bond donors (Lipinski definition) is 7. The van der Waals surface area contributed by atoms with E-state index in [1.54, 1.807) is 0 Å². The second-order valence-corrected chi connectivity index (χ2v) is 9.57. The van der Waals surface area contributed by atoms with Crippen molar-refractivity contribution in [2.75, 3.05) is 13.2 Å². The van der Waals surface area contributed by atoms with Gasteiger partial charge >= 0.3 is 69.3 Å². The Morgan fingerprint density at radius 1 is 0.650 bits per heavy atom. The predicted molar refractivity (Wildman–Crippen MR) is 142 cm³/mol. The minimum absolute atomic E-state index is 0. The molecule has 0 saturated heterocycles. The van der Waals surface area contributed by atoms with Crippen molar-refractivity contribution in [2.45, 2.75) is 134 Å². The Morgan fingerprint density at radius 3 is 1.23 bits per heavy atom. The van der Waals surface area contributed by atoms with Crippen LogP contribution in [-0.2, 0) is 19.2 Å². The molecule has 0 aromatic rings. The van der Waals surface area contributed by atoms with Crippen molar-refractivity contribution < 1.29 is 111 Å². The number of carboxylic acid groups (broad SMARTS) is 4. The molecule has 0 heterocycles. The molecule has 1 unspecified atom stereocenters. The third-order valence-corrected chi connectivity index (χ3v) is 5.69. The first kappa shape index (κ1) is 46.3. The number of rotatable bonds is 23. The van der Waals surface area contributed by atoms with Gasteiger partial charge in [0, 0.05) is 18.8 Å². The van der Waals surface area contributed by atoms with E-state index in [9.17, 15) is 24.3 Å². The summed E-state index contributed by atoms with van der Waals surface area (Å²) in [6, 6.07) is 0. The molecule has 13 heteroatoms. The Labute approximate surface area is 280 Å². The van der Waals surface area contributed by atoms with Gasteiger partial charge in [-0.05, 0) is 6.42 Å². The van der Waals surface area contributed by atoms with Crippen LogP contribution in [0.5, 0.6) is 0 Å². The standard InChI is InChI=1S/C18H36O2.C6H8O7.C3H8O3.K/c1-2-3-4-5-6-7-8-9-10-11-12-13-14-15-16-17-18(19)20;7-3(8)1-6(13,5(11)12)2-4(9)10;4-1-3(6)2-5;/h2-17H2,1H3,(H,19,20);13H,1-2H2,(H,7,8)(H,9,10)(H,11,12);3-6H,1-2H2;/q;;;+1/p-1. The zero-order valence-corrected chi connectivity index (χ0v) is 27.5. The van der Waals surface area contributed by atoms with Gasteiger partial charge in [0.2, 0.25) is 0 Å². The number of carbonyl (C=O) groups is 4. The third-order valence-electron chi connectivity index (χ3n) is 5.69. The summed E-state index contributed by atoms with van der Waals surface area (Å²) in [7, 11) is 0. The van der Waals surface area contributed by atoms with Gasteiger partial charge in [0.05, 0.1) is 19.6 Å². The van der Waals surface area contributed by atoms with Crippen molar-refractivity contribution in [3.05, 3.63) is 0 Å². The molecule has 0 aliphatic heterocycles. The molecule has 0 spiro atoms. The van der Waals surface area contributed by atoms with Gasteiger partial charge in [-0.2, -0.15) is 0 Å². The van der Waals surface area contributed by atoms with E-state index in [1.807, 2.05) is 0 Å². The predicted octanol–water partition coefficient (Wildman–Crippen LogP) is -0.915. The van der Waals surface area contributed by atoms with Crippen LogP contribution in [-0.4, -0.2) is 84.5 Å². The average Bonchev–Trinajstić information content (AvgIpc) is 2.85. The molecule has 0 aliphatic rings. The van der Waals surface area contributed by atoms with Gasteiger partial charge < -0.3 is 45.6 Å². The maximum Gasteiger partial charge on any atom is 1.00 e. The van der Waals surface area contributed by atoms with Crippen LogP contribution in [0.2, 0.25) is 0 Å². The average molecular weight is 607 g/mol. The number of aliphatic hydroxyl groups excluding tert-OH is 3. The third kappa shape index (κ3) is 37.4. The SMILES string of the molecule is CCCCCCCCCCCCCCCCCC(=O)O.O=C([O-])CC(O)(CC(=O)O)C(=O)O.OCC(O)CO.[K+]. The number of unbranched alkanes of at least 4 members (excludes halogenated alkanes) is 14. The van der Waals surface area contributed by atoms with Crippen LogP contribution in [0.4, 0.5) is 0 Å². The van der Waals surface area contributed by atoms with Gasteiger partial charge in [-0.15, -0.1) is 0 Å². The van der Waals surface area contributed by atoms with Gasteiger partial charge in [-0.1, -0.05) is 96.8 Å². The molecule has 0 aliphatic carbocycles. The molecule has 0 fully saturated rings. The van der Waals surface area contributed by atoms with Crippen molar-refractivity contribution in [3.63, 3.8) is 0 Å². The van der Waals surface area contributed by atoms with Gasteiger partial charge in [0.1, 0.15) is 6.10 Å². The quantitative estimate of drug-likeness (QED) is 0.0553. The monoisotopic (exact) mass is 606 g/mol. The van der Waals surface area contributed by atoms with Gasteiger partial charge in [-0.3, -0.25) is 9.59 Å². The van der Waals surface area contributed by atoms with E-state index in [0.29, 0.717) is 6.42 Å². The smallest absolute Gasteiger partial charge is 0.550 e. The Kier molecular flexibility index (Phi) is 38.1. The molecule has 0 radical (unpaired) electrons. The molecule has 7 N–H and O–H groups in total. The fourth-order valence-electron chi connectivity index (χ4n) is 3.41. The number of aliphatic hydroxyl groups is 4. The van der Waals surface area contributed by atoms with Crippen LogP contribution in [0.3, 0.4) is 0 Å². The Morgan fingerprint density at radius 2 is 1.00 bits per heavy atom. The van der Waals surface area contributed by atoms with Crippen molar-refractivity contribution in [1.29, 1.82) is 0 Å². The number of hydrogen-bond acceptors (Lipinski definition) is 9. The van der Waals surface area contributed by atoms with E-state index in [2.05, 4.69) is 6.92 Å². The van der Waals surface area contributed by atoms with Crippen molar-refractivity contribution in [3.8, 4) is 0 Å². The number of aliphatic carboxylic acids is 4. The molecule has 0 rings (SSSR count). The van der Waals surface area contributed by atoms with E-state index in [-0.39, 0.29) is 64.6 Å². The molecule has 0 aromatic carbocycles. The minimum atomic E-state index is -2.80. The molecule has 0 saturated carbocycles. The maximum absolute atomic E-state index is 10.3. The molecule has 0 aromatic heterocycles. The van der Waals surface area contributed by atoms with Crippen LogP contribution in [0.15, 0.2) is 0 Å². The number of carboxylic acids is 4. The topological polar surface area (TPSA) is 233 Å². The number of carbonyl (C=O) groups excluding carboxylic acids is 1. The first-order chi connectivity index (χ1) is 18.4. The molecule has 0 bridgehead atoms. The van der Waals surface area contributed by atoms with E-state index in [0.717, 1.165) is 12.8 Å². The Bertz CT molecular complexity index is 611. The first-order valence-electron chi connectivity index (χ1n) is 13.8. The normalized spacial score (nSPS) is 11.7. The molecule has 232 valence electrons. The second-order valence-electron chi connectivity index (χ2n) is 9.57. The summed E-state index contributed by atoms with van der Waals surface area (Å²) in [6.45, 7) is 1.54. The van der Waals surface area contributed by atoms with Crippen LogP contribution < -0.4 is 56.5 Å². The Hall–Kier alpha value is -0.644. The van der Waals surface area contributed by atoms with Crippen LogP contribution in [0.1, 0.15) is 122 Å². The van der Waals surface area contributed by atoms with Gasteiger partial charge in [-0.25, -0.2) is 4.79 Å². The molecular weight excluding hydrogens is 555 g/mol. The fraction of sp³-hybridized carbons (Fsp3) is 0.852. The maximum atomic E-state index is 10.3. The van der Waals surface area contributed by atoms with E-state index in [4.69, 9.17) is 35.7 Å². The summed E-state index contributed by atoms with van der Waals surface area (Å²) in [5.41, 5.74) is -2.80. The first-order valence-corrected chi connectivity index (χ1v) is 13.8. The van der Waals surface area contributed by atoms with Gasteiger partial charge in [0.15, 0.2) is 5.60 Å². The Balaban J connectivity index is -0.000000277. The van der Waals surface area contributed by atoms with Crippen molar-refractivity contribution in [2.24, 2.45) is 0 Å². The van der Waals surface area contributed by atoms with E-state index < -0.39 is 48.4 Å². The summed E-state index contributed by atoms with van der Waals surface area (Å²) in [5, 5.41) is 68.0. The van der Waals surface area contributed by atoms with Crippen LogP contribution in [0.25, 0.3) is 0 Å². The zero-order chi connectivity index (χ0) is 30.5. The summed E-state index contributed by atoms with van der Waals surface area (Å²) in [4.78, 5) is 40.7. The van der Waals surface area contributed by atoms with E-state index >= 15 is 0 Å². The molecule has 0 amide bonds. The summed E-state index contributed by atoms with van der Waals surface area (Å²) in [5.74, 6) is -5.99. The zero-order valence-electron chi connectivity index (χ0n) is 24.4. The summed E-state index contributed by atoms with van der Waals surface area (Å²) in [6.07, 6.45) is 16.8. The van der Waals surface area contributed by atoms with Crippen LogP contribution >= 0.6 is 0 Å². The van der Waals surface area contributed by atoms with E-state index in [1.165, 1.54) is 83.5 Å². The largest absolute Gasteiger partial charge is 1.00 e. The van der Waals surface area contributed by atoms with Crippen LogP contribution in [0, 0.1) is 0 Å². The second kappa shape index (κ2) is 32.9. The molecule has 12 nitrogen and oxygen atoms in total. The molecule has 1 atom stereocenters. The molecular formula is C27H51KO12. The minimum Gasteiger partial charge on any atom is -0.550 e. The van der Waals surface area contributed by atoms with Crippen molar-refractivity contribution in [1.82, 2.24) is 0 Å². The summed E-state index contributed by atoms with van der Waals surface area (Å²) >= 11 is 0. The van der Waals surface area contributed by atoms with Crippen molar-refractivity contribution >= 4 is 23.9 Å². The fourth-order valence-corrected chi connectivity index (χ4v) is 3.41.